The van der Waals surface area contributed by atoms with E-state index in [1.54, 1.807) is 0 Å². The Balaban J connectivity index is 2.43. The summed E-state index contributed by atoms with van der Waals surface area (Å²) in [7, 11) is 2.02. The fraction of sp³-hybridized carbons (Fsp3) is 0.600. The highest BCUT2D eigenvalue weighted by Crippen LogP contribution is 2.37. The summed E-state index contributed by atoms with van der Waals surface area (Å²) in [5, 5.41) is 3.39. The predicted molar refractivity (Wildman–Crippen MR) is 71.6 cm³/mol. The van der Waals surface area contributed by atoms with Gasteiger partial charge in [0.25, 0.3) is 0 Å². The second-order valence-corrected chi connectivity index (χ2v) is 6.01. The molecule has 17 heavy (non-hydrogen) atoms. The van der Waals surface area contributed by atoms with Crippen molar-refractivity contribution in [1.29, 1.82) is 0 Å². The maximum absolute atomic E-state index is 5.89. The molecule has 2 heteroatoms. The maximum atomic E-state index is 5.89. The highest BCUT2D eigenvalue weighted by atomic mass is 16.5. The molecule has 0 fully saturated rings. The van der Waals surface area contributed by atoms with E-state index in [0.29, 0.717) is 12.1 Å². The van der Waals surface area contributed by atoms with Gasteiger partial charge in [0.2, 0.25) is 0 Å². The highest BCUT2D eigenvalue weighted by molar-refractivity contribution is 5.43. The number of hydrogen-bond donors (Lipinski definition) is 1. The minimum Gasteiger partial charge on any atom is -0.490 e. The Morgan fingerprint density at radius 2 is 2.00 bits per heavy atom. The van der Waals surface area contributed by atoms with Gasteiger partial charge in [0.1, 0.15) is 5.75 Å². The van der Waals surface area contributed by atoms with E-state index in [9.17, 15) is 0 Å². The Labute approximate surface area is 104 Å². The second-order valence-electron chi connectivity index (χ2n) is 6.01. The number of benzene rings is 1. The van der Waals surface area contributed by atoms with Crippen LogP contribution < -0.4 is 10.1 Å². The van der Waals surface area contributed by atoms with Gasteiger partial charge in [-0.1, -0.05) is 26.8 Å². The Bertz CT molecular complexity index is 406. The molecule has 1 aromatic rings. The molecule has 0 saturated heterocycles. The van der Waals surface area contributed by atoms with Crippen LogP contribution in [0.4, 0.5) is 0 Å². The van der Waals surface area contributed by atoms with E-state index in [1.807, 2.05) is 7.05 Å². The molecule has 0 saturated carbocycles. The van der Waals surface area contributed by atoms with E-state index in [4.69, 9.17) is 4.74 Å². The Morgan fingerprint density at radius 3 is 2.59 bits per heavy atom. The Kier molecular flexibility index (Phi) is 3.17. The SMILES string of the molecule is CNC1CC(C)Oc2ccc(C(C)(C)C)cc21. The van der Waals surface area contributed by atoms with Gasteiger partial charge in [-0.05, 0) is 37.1 Å². The van der Waals surface area contributed by atoms with Crippen molar-refractivity contribution in [2.75, 3.05) is 7.05 Å². The highest BCUT2D eigenvalue weighted by Gasteiger charge is 2.26. The lowest BCUT2D eigenvalue weighted by Gasteiger charge is -2.32. The Hall–Kier alpha value is -1.02. The van der Waals surface area contributed by atoms with Gasteiger partial charge in [0.05, 0.1) is 6.10 Å². The van der Waals surface area contributed by atoms with Crippen LogP contribution in [0.15, 0.2) is 18.2 Å². The lowest BCUT2D eigenvalue weighted by Crippen LogP contribution is -2.30. The van der Waals surface area contributed by atoms with Crippen LogP contribution in [-0.4, -0.2) is 13.2 Å². The van der Waals surface area contributed by atoms with Gasteiger partial charge in [-0.25, -0.2) is 0 Å². The van der Waals surface area contributed by atoms with Crippen LogP contribution in [0.25, 0.3) is 0 Å². The zero-order valence-electron chi connectivity index (χ0n) is 11.5. The third-order valence-corrected chi connectivity index (χ3v) is 3.50. The molecule has 2 unspecified atom stereocenters. The molecule has 0 aliphatic carbocycles. The van der Waals surface area contributed by atoms with Gasteiger partial charge in [-0.3, -0.25) is 0 Å². The van der Waals surface area contributed by atoms with Crippen molar-refractivity contribution in [2.45, 2.75) is 51.7 Å². The molecule has 0 bridgehead atoms. The van der Waals surface area contributed by atoms with E-state index < -0.39 is 0 Å². The van der Waals surface area contributed by atoms with Crippen LogP contribution >= 0.6 is 0 Å². The number of fused-ring (bicyclic) bond motifs is 1. The first kappa shape index (κ1) is 12.4. The average Bonchev–Trinajstić information content (AvgIpc) is 2.25. The first-order valence-corrected chi connectivity index (χ1v) is 6.40. The molecule has 2 rings (SSSR count). The van der Waals surface area contributed by atoms with Crippen LogP contribution in [-0.2, 0) is 5.41 Å². The largest absolute Gasteiger partial charge is 0.490 e. The lowest BCUT2D eigenvalue weighted by atomic mass is 9.84. The van der Waals surface area contributed by atoms with Crippen molar-refractivity contribution in [2.24, 2.45) is 0 Å². The number of nitrogens with one attached hydrogen (secondary N) is 1. The summed E-state index contributed by atoms with van der Waals surface area (Å²) in [5.74, 6) is 1.04. The van der Waals surface area contributed by atoms with Crippen molar-refractivity contribution in [3.8, 4) is 5.75 Å². The van der Waals surface area contributed by atoms with Crippen LogP contribution in [0.5, 0.6) is 5.75 Å². The van der Waals surface area contributed by atoms with Crippen molar-refractivity contribution in [3.63, 3.8) is 0 Å². The van der Waals surface area contributed by atoms with E-state index in [2.05, 4.69) is 51.2 Å². The van der Waals surface area contributed by atoms with Gasteiger partial charge in [-0.2, -0.15) is 0 Å². The Morgan fingerprint density at radius 1 is 1.29 bits per heavy atom. The van der Waals surface area contributed by atoms with E-state index in [-0.39, 0.29) is 5.41 Å². The van der Waals surface area contributed by atoms with Crippen LogP contribution in [0.1, 0.15) is 51.3 Å². The molecular weight excluding hydrogens is 210 g/mol. The second kappa shape index (κ2) is 4.34. The summed E-state index contributed by atoms with van der Waals surface area (Å²) < 4.78 is 5.89. The molecule has 0 radical (unpaired) electrons. The van der Waals surface area contributed by atoms with Gasteiger partial charge in [0.15, 0.2) is 0 Å². The van der Waals surface area contributed by atoms with Crippen LogP contribution in [0, 0.1) is 0 Å². The number of hydrogen-bond acceptors (Lipinski definition) is 2. The van der Waals surface area contributed by atoms with Crippen molar-refractivity contribution in [3.05, 3.63) is 29.3 Å². The predicted octanol–water partition coefficient (Wildman–Crippen LogP) is 3.42. The first-order chi connectivity index (χ1) is 7.91. The molecule has 0 aromatic heterocycles. The summed E-state index contributed by atoms with van der Waals surface area (Å²) in [6, 6.07) is 7.01. The van der Waals surface area contributed by atoms with Crippen molar-refractivity contribution in [1.82, 2.24) is 5.32 Å². The van der Waals surface area contributed by atoms with Gasteiger partial charge in [-0.15, -0.1) is 0 Å². The van der Waals surface area contributed by atoms with Gasteiger partial charge >= 0.3 is 0 Å². The molecule has 1 aliphatic rings. The monoisotopic (exact) mass is 233 g/mol. The molecular formula is C15H23NO. The van der Waals surface area contributed by atoms with Gasteiger partial charge < -0.3 is 10.1 Å². The average molecular weight is 233 g/mol. The molecule has 0 amide bonds. The molecule has 2 nitrogen and oxygen atoms in total. The summed E-state index contributed by atoms with van der Waals surface area (Å²) in [5.41, 5.74) is 2.86. The standard InChI is InChI=1S/C15H23NO/c1-10-8-13(16-5)12-9-11(15(2,3)4)6-7-14(12)17-10/h6-7,9-10,13,16H,8H2,1-5H3. The summed E-state index contributed by atoms with van der Waals surface area (Å²) >= 11 is 0. The summed E-state index contributed by atoms with van der Waals surface area (Å²) in [6.45, 7) is 8.87. The lowest BCUT2D eigenvalue weighted by molar-refractivity contribution is 0.169. The topological polar surface area (TPSA) is 21.3 Å². The van der Waals surface area contributed by atoms with E-state index >= 15 is 0 Å². The normalized spacial score (nSPS) is 24.1. The molecule has 1 heterocycles. The summed E-state index contributed by atoms with van der Waals surface area (Å²) in [4.78, 5) is 0. The quantitative estimate of drug-likeness (QED) is 0.802. The number of rotatable bonds is 1. The molecule has 2 atom stereocenters. The first-order valence-electron chi connectivity index (χ1n) is 6.40. The zero-order chi connectivity index (χ0) is 12.6. The molecule has 1 N–H and O–H groups in total. The smallest absolute Gasteiger partial charge is 0.124 e. The summed E-state index contributed by atoms with van der Waals surface area (Å²) in [6.07, 6.45) is 1.33. The molecule has 1 aromatic carbocycles. The van der Waals surface area contributed by atoms with Crippen molar-refractivity contribution >= 4 is 0 Å². The third-order valence-electron chi connectivity index (χ3n) is 3.50. The molecule has 1 aliphatic heterocycles. The van der Waals surface area contributed by atoms with Crippen LogP contribution in [0.3, 0.4) is 0 Å². The fourth-order valence-corrected chi connectivity index (χ4v) is 2.39. The molecule has 94 valence electrons. The maximum Gasteiger partial charge on any atom is 0.124 e. The van der Waals surface area contributed by atoms with E-state index in [0.717, 1.165) is 12.2 Å². The van der Waals surface area contributed by atoms with Crippen LogP contribution in [0.2, 0.25) is 0 Å². The molecule has 0 spiro atoms. The third kappa shape index (κ3) is 2.47. The minimum absolute atomic E-state index is 0.191. The van der Waals surface area contributed by atoms with Gasteiger partial charge in [0, 0.05) is 18.0 Å². The zero-order valence-corrected chi connectivity index (χ0v) is 11.5. The van der Waals surface area contributed by atoms with E-state index in [1.165, 1.54) is 11.1 Å². The fourth-order valence-electron chi connectivity index (χ4n) is 2.39. The number of ether oxygens (including phenoxy) is 1. The van der Waals surface area contributed by atoms with Crippen molar-refractivity contribution < 1.29 is 4.74 Å². The minimum atomic E-state index is 0.191.